The molecule has 2 nitrogen and oxygen atoms in total. The molecule has 0 aliphatic rings. The number of fused-ring (bicyclic) bond motifs is 1. The van der Waals surface area contributed by atoms with E-state index in [2.05, 4.69) is 4.98 Å². The zero-order valence-corrected chi connectivity index (χ0v) is 12.0. The maximum absolute atomic E-state index is 14.1. The van der Waals surface area contributed by atoms with Crippen LogP contribution in [-0.2, 0) is 0 Å². The van der Waals surface area contributed by atoms with Gasteiger partial charge in [0.2, 0.25) is 0 Å². The first-order valence-electron chi connectivity index (χ1n) is 6.34. The minimum Gasteiger partial charge on any atom is -0.383 e. The molecule has 1 unspecified atom stereocenters. The second-order valence-corrected chi connectivity index (χ2v) is 5.90. The van der Waals surface area contributed by atoms with Crippen molar-refractivity contribution < 1.29 is 9.50 Å². The van der Waals surface area contributed by atoms with E-state index in [0.717, 1.165) is 21.3 Å². The SMILES string of the molecule is Cc1cc(C)c(C(O)c2cnc3ccsc3c2)c(F)c1. The molecule has 0 amide bonds. The van der Waals surface area contributed by atoms with Crippen molar-refractivity contribution in [2.75, 3.05) is 0 Å². The van der Waals surface area contributed by atoms with E-state index in [4.69, 9.17) is 0 Å². The van der Waals surface area contributed by atoms with Gasteiger partial charge < -0.3 is 5.11 Å². The number of pyridine rings is 1. The summed E-state index contributed by atoms with van der Waals surface area (Å²) in [7, 11) is 0. The van der Waals surface area contributed by atoms with E-state index in [1.54, 1.807) is 17.5 Å². The lowest BCUT2D eigenvalue weighted by molar-refractivity contribution is 0.214. The molecule has 0 aliphatic carbocycles. The van der Waals surface area contributed by atoms with Gasteiger partial charge in [0.05, 0.1) is 10.2 Å². The third kappa shape index (κ3) is 2.21. The normalized spacial score (nSPS) is 12.8. The lowest BCUT2D eigenvalue weighted by atomic mass is 9.96. The molecule has 0 fully saturated rings. The molecule has 102 valence electrons. The van der Waals surface area contributed by atoms with Crippen molar-refractivity contribution in [3.8, 4) is 0 Å². The third-order valence-corrected chi connectivity index (χ3v) is 4.25. The van der Waals surface area contributed by atoms with Gasteiger partial charge >= 0.3 is 0 Å². The molecule has 0 saturated carbocycles. The molecule has 2 aromatic heterocycles. The van der Waals surface area contributed by atoms with Crippen LogP contribution in [0.3, 0.4) is 0 Å². The average Bonchev–Trinajstić information content (AvgIpc) is 2.84. The van der Waals surface area contributed by atoms with Crippen molar-refractivity contribution in [1.82, 2.24) is 4.98 Å². The van der Waals surface area contributed by atoms with Gasteiger partial charge in [0.15, 0.2) is 0 Å². The molecule has 0 spiro atoms. The Morgan fingerprint density at radius 1 is 1.25 bits per heavy atom. The number of aryl methyl sites for hydroxylation is 2. The predicted molar refractivity (Wildman–Crippen MR) is 79.6 cm³/mol. The zero-order valence-electron chi connectivity index (χ0n) is 11.2. The quantitative estimate of drug-likeness (QED) is 0.768. The monoisotopic (exact) mass is 287 g/mol. The summed E-state index contributed by atoms with van der Waals surface area (Å²) in [5.74, 6) is -0.374. The molecule has 3 aromatic rings. The molecule has 4 heteroatoms. The molecule has 20 heavy (non-hydrogen) atoms. The Balaban J connectivity index is 2.09. The largest absolute Gasteiger partial charge is 0.383 e. The number of rotatable bonds is 2. The van der Waals surface area contributed by atoms with Crippen molar-refractivity contribution in [1.29, 1.82) is 0 Å². The number of benzene rings is 1. The molecule has 1 N–H and O–H groups in total. The maximum Gasteiger partial charge on any atom is 0.129 e. The number of halogens is 1. The standard InChI is InChI=1S/C16H14FNOS/c1-9-5-10(2)15(12(17)6-9)16(19)11-7-14-13(18-8-11)3-4-20-14/h3-8,16,19H,1-2H3. The molecule has 1 atom stereocenters. The minimum atomic E-state index is -0.991. The van der Waals surface area contributed by atoms with E-state index in [1.165, 1.54) is 6.07 Å². The highest BCUT2D eigenvalue weighted by atomic mass is 32.1. The van der Waals surface area contributed by atoms with Crippen LogP contribution in [-0.4, -0.2) is 10.1 Å². The molecule has 2 heterocycles. The van der Waals surface area contributed by atoms with Gasteiger partial charge in [0, 0.05) is 17.3 Å². The van der Waals surface area contributed by atoms with E-state index in [1.807, 2.05) is 37.4 Å². The minimum absolute atomic E-state index is 0.327. The Morgan fingerprint density at radius 3 is 2.80 bits per heavy atom. The van der Waals surface area contributed by atoms with Gasteiger partial charge in [-0.15, -0.1) is 11.3 Å². The summed E-state index contributed by atoms with van der Waals surface area (Å²) in [6, 6.07) is 7.12. The van der Waals surface area contributed by atoms with Crippen molar-refractivity contribution in [2.45, 2.75) is 20.0 Å². The second-order valence-electron chi connectivity index (χ2n) is 4.95. The number of thiophene rings is 1. The van der Waals surface area contributed by atoms with Gasteiger partial charge in [-0.05, 0) is 48.6 Å². The van der Waals surface area contributed by atoms with E-state index in [9.17, 15) is 9.50 Å². The van der Waals surface area contributed by atoms with Gasteiger partial charge in [0.25, 0.3) is 0 Å². The molecule has 3 rings (SSSR count). The number of aliphatic hydroxyl groups is 1. The number of nitrogens with zero attached hydrogens (tertiary/aromatic N) is 1. The zero-order chi connectivity index (χ0) is 14.3. The van der Waals surface area contributed by atoms with Gasteiger partial charge in [-0.2, -0.15) is 0 Å². The highest BCUT2D eigenvalue weighted by Gasteiger charge is 2.19. The highest BCUT2D eigenvalue weighted by molar-refractivity contribution is 7.17. The molecule has 0 saturated heterocycles. The van der Waals surface area contributed by atoms with Gasteiger partial charge in [-0.1, -0.05) is 6.07 Å². The number of hydrogen-bond acceptors (Lipinski definition) is 3. The fourth-order valence-electron chi connectivity index (χ4n) is 2.45. The van der Waals surface area contributed by atoms with Crippen LogP contribution < -0.4 is 0 Å². The van der Waals surface area contributed by atoms with Crippen LogP contribution in [0, 0.1) is 19.7 Å². The van der Waals surface area contributed by atoms with Crippen LogP contribution >= 0.6 is 11.3 Å². The van der Waals surface area contributed by atoms with Crippen molar-refractivity contribution in [3.63, 3.8) is 0 Å². The van der Waals surface area contributed by atoms with Crippen LogP contribution in [0.15, 0.2) is 35.8 Å². The summed E-state index contributed by atoms with van der Waals surface area (Å²) in [4.78, 5) is 4.29. The van der Waals surface area contributed by atoms with Crippen LogP contribution in [0.5, 0.6) is 0 Å². The first-order valence-corrected chi connectivity index (χ1v) is 7.22. The van der Waals surface area contributed by atoms with E-state index in [0.29, 0.717) is 11.1 Å². The molecule has 0 aliphatic heterocycles. The number of hydrogen-bond donors (Lipinski definition) is 1. The molecule has 0 radical (unpaired) electrons. The van der Waals surface area contributed by atoms with Crippen molar-refractivity contribution in [3.05, 3.63) is 63.9 Å². The summed E-state index contributed by atoms with van der Waals surface area (Å²) >= 11 is 1.56. The number of aliphatic hydroxyl groups excluding tert-OH is 1. The van der Waals surface area contributed by atoms with Crippen LogP contribution in [0.2, 0.25) is 0 Å². The van der Waals surface area contributed by atoms with Crippen LogP contribution in [0.25, 0.3) is 10.2 Å². The maximum atomic E-state index is 14.1. The lowest BCUT2D eigenvalue weighted by Gasteiger charge is -2.15. The molecular formula is C16H14FNOS. The van der Waals surface area contributed by atoms with Gasteiger partial charge in [-0.25, -0.2) is 4.39 Å². The Bertz CT molecular complexity index is 758. The Kier molecular flexibility index (Phi) is 3.28. The topological polar surface area (TPSA) is 33.1 Å². The van der Waals surface area contributed by atoms with E-state index in [-0.39, 0.29) is 5.82 Å². The predicted octanol–water partition coefficient (Wildman–Crippen LogP) is 4.13. The van der Waals surface area contributed by atoms with Crippen molar-refractivity contribution >= 4 is 21.6 Å². The smallest absolute Gasteiger partial charge is 0.129 e. The summed E-state index contributed by atoms with van der Waals surface area (Å²) in [5, 5.41) is 12.4. The molecular weight excluding hydrogens is 273 g/mol. The first kappa shape index (κ1) is 13.2. The van der Waals surface area contributed by atoms with Gasteiger partial charge in [-0.3, -0.25) is 4.98 Å². The lowest BCUT2D eigenvalue weighted by Crippen LogP contribution is -2.06. The second kappa shape index (κ2) is 4.96. The third-order valence-electron chi connectivity index (χ3n) is 3.39. The Labute approximate surface area is 120 Å². The van der Waals surface area contributed by atoms with E-state index < -0.39 is 6.10 Å². The summed E-state index contributed by atoms with van der Waals surface area (Å²) in [6.07, 6.45) is 0.618. The Hall–Kier alpha value is -1.78. The summed E-state index contributed by atoms with van der Waals surface area (Å²) in [5.41, 5.74) is 3.44. The van der Waals surface area contributed by atoms with Crippen molar-refractivity contribution in [2.24, 2.45) is 0 Å². The van der Waals surface area contributed by atoms with Crippen LogP contribution in [0.1, 0.15) is 28.4 Å². The van der Waals surface area contributed by atoms with E-state index >= 15 is 0 Å². The Morgan fingerprint density at radius 2 is 2.05 bits per heavy atom. The fourth-order valence-corrected chi connectivity index (χ4v) is 3.24. The average molecular weight is 287 g/mol. The highest BCUT2D eigenvalue weighted by Crippen LogP contribution is 2.30. The summed E-state index contributed by atoms with van der Waals surface area (Å²) < 4.78 is 15.1. The van der Waals surface area contributed by atoms with Gasteiger partial charge in [0.1, 0.15) is 11.9 Å². The number of aromatic nitrogens is 1. The molecule has 1 aromatic carbocycles. The fraction of sp³-hybridized carbons (Fsp3) is 0.188. The first-order chi connectivity index (χ1) is 9.56. The summed E-state index contributed by atoms with van der Waals surface area (Å²) in [6.45, 7) is 3.65. The van der Waals surface area contributed by atoms with Crippen LogP contribution in [0.4, 0.5) is 4.39 Å². The molecule has 0 bridgehead atoms.